The number of rotatable bonds is 4. The average molecular weight is 214 g/mol. The third-order valence-corrected chi connectivity index (χ3v) is 3.09. The Bertz CT molecular complexity index is 231. The van der Waals surface area contributed by atoms with Gasteiger partial charge in [-0.15, -0.1) is 0 Å². The number of carbonyl (C=O) groups excluding carboxylic acids is 2. The van der Waals surface area contributed by atoms with Gasteiger partial charge in [0.1, 0.15) is 0 Å². The van der Waals surface area contributed by atoms with Crippen LogP contribution in [-0.2, 0) is 19.1 Å². The zero-order valence-electron chi connectivity index (χ0n) is 9.32. The molecule has 0 aromatic heterocycles. The molecule has 0 spiro atoms. The van der Waals surface area contributed by atoms with E-state index in [-0.39, 0.29) is 30.2 Å². The Morgan fingerprint density at radius 1 is 1.20 bits per heavy atom. The number of hydrogen-bond donors (Lipinski definition) is 0. The highest BCUT2D eigenvalue weighted by atomic mass is 16.5. The topological polar surface area (TPSA) is 52.6 Å². The largest absolute Gasteiger partial charge is 0.469 e. The van der Waals surface area contributed by atoms with Gasteiger partial charge in [-0.2, -0.15) is 0 Å². The molecule has 0 saturated heterocycles. The molecule has 0 bridgehead atoms. The van der Waals surface area contributed by atoms with E-state index in [1.165, 1.54) is 14.2 Å². The van der Waals surface area contributed by atoms with Crippen LogP contribution >= 0.6 is 0 Å². The van der Waals surface area contributed by atoms with Gasteiger partial charge in [-0.1, -0.05) is 12.8 Å². The Hall–Kier alpha value is -1.06. The molecule has 0 radical (unpaired) electrons. The van der Waals surface area contributed by atoms with Crippen LogP contribution in [0.25, 0.3) is 0 Å². The Labute approximate surface area is 89.9 Å². The Morgan fingerprint density at radius 2 is 1.80 bits per heavy atom. The maximum Gasteiger partial charge on any atom is 0.309 e. The second-order valence-corrected chi connectivity index (χ2v) is 3.95. The minimum Gasteiger partial charge on any atom is -0.469 e. The van der Waals surface area contributed by atoms with Crippen LogP contribution in [0, 0.1) is 11.8 Å². The van der Waals surface area contributed by atoms with Crippen LogP contribution in [0.4, 0.5) is 0 Å². The summed E-state index contributed by atoms with van der Waals surface area (Å²) < 4.78 is 9.31. The molecule has 0 heterocycles. The van der Waals surface area contributed by atoms with E-state index in [0.29, 0.717) is 0 Å². The molecule has 1 aliphatic rings. The van der Waals surface area contributed by atoms with E-state index in [9.17, 15) is 9.59 Å². The second kappa shape index (κ2) is 5.73. The number of hydrogen-bond acceptors (Lipinski definition) is 4. The standard InChI is InChI=1S/C11H18O4/c1-14-10(12)7-9(11(13)15-2)8-5-3-4-6-8/h8-9H,3-7H2,1-2H3. The van der Waals surface area contributed by atoms with E-state index in [1.807, 2.05) is 0 Å². The van der Waals surface area contributed by atoms with Crippen molar-refractivity contribution in [3.05, 3.63) is 0 Å². The predicted molar refractivity (Wildman–Crippen MR) is 54.1 cm³/mol. The summed E-state index contributed by atoms with van der Waals surface area (Å²) in [5.74, 6) is -0.647. The lowest BCUT2D eigenvalue weighted by Gasteiger charge is -2.19. The zero-order valence-corrected chi connectivity index (χ0v) is 9.32. The molecular weight excluding hydrogens is 196 g/mol. The first-order valence-electron chi connectivity index (χ1n) is 5.33. The minimum atomic E-state index is -0.336. The molecule has 1 atom stereocenters. The molecule has 1 fully saturated rings. The number of methoxy groups -OCH3 is 2. The van der Waals surface area contributed by atoms with Crippen molar-refractivity contribution >= 4 is 11.9 Å². The zero-order chi connectivity index (χ0) is 11.3. The first kappa shape index (κ1) is 12.0. The van der Waals surface area contributed by atoms with Crippen LogP contribution in [0.15, 0.2) is 0 Å². The fraction of sp³-hybridized carbons (Fsp3) is 0.818. The van der Waals surface area contributed by atoms with Gasteiger partial charge in [0.15, 0.2) is 0 Å². The lowest BCUT2D eigenvalue weighted by Crippen LogP contribution is -2.26. The summed E-state index contributed by atoms with van der Waals surface area (Å²) in [7, 11) is 2.70. The fourth-order valence-electron chi connectivity index (χ4n) is 2.22. The van der Waals surface area contributed by atoms with Gasteiger partial charge in [-0.3, -0.25) is 9.59 Å². The van der Waals surface area contributed by atoms with Crippen LogP contribution in [0.5, 0.6) is 0 Å². The molecular formula is C11H18O4. The predicted octanol–water partition coefficient (Wildman–Crippen LogP) is 1.53. The van der Waals surface area contributed by atoms with Crippen LogP contribution in [-0.4, -0.2) is 26.2 Å². The molecule has 1 aliphatic carbocycles. The SMILES string of the molecule is COC(=O)CC(C(=O)OC)C1CCCC1. The summed E-state index contributed by atoms with van der Waals surface area (Å²) in [5, 5.41) is 0. The molecule has 86 valence electrons. The lowest BCUT2D eigenvalue weighted by molar-refractivity contribution is -0.154. The smallest absolute Gasteiger partial charge is 0.309 e. The first-order chi connectivity index (χ1) is 7.19. The Balaban J connectivity index is 2.59. The summed E-state index contributed by atoms with van der Waals surface area (Å²) in [6.07, 6.45) is 4.44. The summed E-state index contributed by atoms with van der Waals surface area (Å²) in [6, 6.07) is 0. The van der Waals surface area contributed by atoms with Crippen LogP contribution < -0.4 is 0 Å². The van der Waals surface area contributed by atoms with Crippen LogP contribution in [0.3, 0.4) is 0 Å². The fourth-order valence-corrected chi connectivity index (χ4v) is 2.22. The van der Waals surface area contributed by atoms with E-state index >= 15 is 0 Å². The average Bonchev–Trinajstić information content (AvgIpc) is 2.77. The molecule has 1 rings (SSSR count). The molecule has 1 saturated carbocycles. The van der Waals surface area contributed by atoms with Gasteiger partial charge in [0.25, 0.3) is 0 Å². The molecule has 0 amide bonds. The van der Waals surface area contributed by atoms with E-state index in [1.54, 1.807) is 0 Å². The van der Waals surface area contributed by atoms with Crippen molar-refractivity contribution in [1.82, 2.24) is 0 Å². The summed E-state index contributed by atoms with van der Waals surface area (Å²) >= 11 is 0. The molecule has 4 heteroatoms. The first-order valence-corrected chi connectivity index (χ1v) is 5.33. The van der Waals surface area contributed by atoms with Gasteiger partial charge in [0.05, 0.1) is 26.6 Å². The highest BCUT2D eigenvalue weighted by molar-refractivity contribution is 5.80. The van der Waals surface area contributed by atoms with Gasteiger partial charge < -0.3 is 9.47 Å². The monoisotopic (exact) mass is 214 g/mol. The van der Waals surface area contributed by atoms with Gasteiger partial charge in [0.2, 0.25) is 0 Å². The maximum absolute atomic E-state index is 11.5. The molecule has 0 N–H and O–H groups in total. The molecule has 0 aliphatic heterocycles. The van der Waals surface area contributed by atoms with Crippen LogP contribution in [0.2, 0.25) is 0 Å². The third-order valence-electron chi connectivity index (χ3n) is 3.09. The van der Waals surface area contributed by atoms with Gasteiger partial charge in [-0.25, -0.2) is 0 Å². The molecule has 4 nitrogen and oxygen atoms in total. The molecule has 1 unspecified atom stereocenters. The number of ether oxygens (including phenoxy) is 2. The van der Waals surface area contributed by atoms with E-state index in [2.05, 4.69) is 4.74 Å². The van der Waals surface area contributed by atoms with E-state index in [0.717, 1.165) is 25.7 Å². The Morgan fingerprint density at radius 3 is 2.27 bits per heavy atom. The van der Waals surface area contributed by atoms with Crippen molar-refractivity contribution in [1.29, 1.82) is 0 Å². The minimum absolute atomic E-state index is 0.147. The number of esters is 2. The lowest BCUT2D eigenvalue weighted by atomic mass is 9.88. The second-order valence-electron chi connectivity index (χ2n) is 3.95. The van der Waals surface area contributed by atoms with E-state index < -0.39 is 0 Å². The van der Waals surface area contributed by atoms with E-state index in [4.69, 9.17) is 4.74 Å². The maximum atomic E-state index is 11.5. The van der Waals surface area contributed by atoms with Crippen molar-refractivity contribution < 1.29 is 19.1 Å². The molecule has 0 aromatic rings. The van der Waals surface area contributed by atoms with Gasteiger partial charge >= 0.3 is 11.9 Å². The third kappa shape index (κ3) is 3.22. The van der Waals surface area contributed by atoms with Crippen molar-refractivity contribution in [3.8, 4) is 0 Å². The highest BCUT2D eigenvalue weighted by Crippen LogP contribution is 2.33. The van der Waals surface area contributed by atoms with Gasteiger partial charge in [-0.05, 0) is 18.8 Å². The van der Waals surface area contributed by atoms with Crippen molar-refractivity contribution in [2.45, 2.75) is 32.1 Å². The molecule has 0 aromatic carbocycles. The Kier molecular flexibility index (Phi) is 4.59. The van der Waals surface area contributed by atoms with Crippen molar-refractivity contribution in [2.24, 2.45) is 11.8 Å². The summed E-state index contributed by atoms with van der Waals surface area (Å²) in [6.45, 7) is 0. The highest BCUT2D eigenvalue weighted by Gasteiger charge is 2.33. The van der Waals surface area contributed by atoms with Crippen molar-refractivity contribution in [3.63, 3.8) is 0 Å². The number of carbonyl (C=O) groups is 2. The summed E-state index contributed by atoms with van der Waals surface area (Å²) in [4.78, 5) is 22.7. The van der Waals surface area contributed by atoms with Crippen LogP contribution in [0.1, 0.15) is 32.1 Å². The van der Waals surface area contributed by atoms with Gasteiger partial charge in [0, 0.05) is 0 Å². The quantitative estimate of drug-likeness (QED) is 0.666. The molecule has 15 heavy (non-hydrogen) atoms. The van der Waals surface area contributed by atoms with Crippen molar-refractivity contribution in [2.75, 3.05) is 14.2 Å². The summed E-state index contributed by atoms with van der Waals surface area (Å²) in [5.41, 5.74) is 0. The normalized spacial score (nSPS) is 18.5.